The maximum atomic E-state index is 5.37. The van der Waals surface area contributed by atoms with Gasteiger partial charge < -0.3 is 10.2 Å². The van der Waals surface area contributed by atoms with Crippen molar-refractivity contribution in [2.45, 2.75) is 26.2 Å². The van der Waals surface area contributed by atoms with Gasteiger partial charge in [-0.2, -0.15) is 0 Å². The molecular formula is C8H14N2O. The minimum atomic E-state index is 0.698. The minimum absolute atomic E-state index is 0.698. The van der Waals surface area contributed by atoms with E-state index in [-0.39, 0.29) is 0 Å². The van der Waals surface area contributed by atoms with Crippen LogP contribution in [0.1, 0.15) is 25.0 Å². The molecule has 0 spiro atoms. The number of oxazole rings is 1. The molecule has 0 atom stereocenters. The van der Waals surface area contributed by atoms with E-state index in [0.29, 0.717) is 6.54 Å². The third-order valence-corrected chi connectivity index (χ3v) is 1.54. The molecule has 2 N–H and O–H groups in total. The first-order valence-electron chi connectivity index (χ1n) is 4.00. The Balaban J connectivity index is 2.44. The molecule has 1 heterocycles. The topological polar surface area (TPSA) is 52.0 Å². The monoisotopic (exact) mass is 154 g/mol. The zero-order chi connectivity index (χ0) is 8.10. The highest BCUT2D eigenvalue weighted by molar-refractivity contribution is 4.93. The fourth-order valence-corrected chi connectivity index (χ4v) is 0.880. The first kappa shape index (κ1) is 8.27. The van der Waals surface area contributed by atoms with E-state index in [2.05, 4.69) is 4.98 Å². The number of aromatic nitrogens is 1. The molecule has 0 saturated carbocycles. The van der Waals surface area contributed by atoms with Gasteiger partial charge in [0.1, 0.15) is 5.76 Å². The van der Waals surface area contributed by atoms with E-state index in [1.807, 2.05) is 6.92 Å². The van der Waals surface area contributed by atoms with Crippen LogP contribution in [0.5, 0.6) is 0 Å². The third kappa shape index (κ3) is 2.35. The predicted molar refractivity (Wildman–Crippen MR) is 43.3 cm³/mol. The first-order valence-corrected chi connectivity index (χ1v) is 4.00. The molecule has 0 amide bonds. The summed E-state index contributed by atoms with van der Waals surface area (Å²) >= 11 is 0. The summed E-state index contributed by atoms with van der Waals surface area (Å²) in [4.78, 5) is 4.10. The smallest absolute Gasteiger partial charge is 0.194 e. The van der Waals surface area contributed by atoms with E-state index < -0.39 is 0 Å². The van der Waals surface area contributed by atoms with Crippen molar-refractivity contribution >= 4 is 0 Å². The van der Waals surface area contributed by atoms with Crippen molar-refractivity contribution in [3.63, 3.8) is 0 Å². The Hall–Kier alpha value is -0.830. The second kappa shape index (κ2) is 4.13. The highest BCUT2D eigenvalue weighted by Gasteiger charge is 1.99. The summed E-state index contributed by atoms with van der Waals surface area (Å²) in [5.74, 6) is 1.77. The van der Waals surface area contributed by atoms with Crippen LogP contribution in [0.3, 0.4) is 0 Å². The van der Waals surface area contributed by atoms with Gasteiger partial charge in [-0.25, -0.2) is 4.98 Å². The van der Waals surface area contributed by atoms with Gasteiger partial charge in [-0.05, 0) is 13.0 Å². The lowest BCUT2D eigenvalue weighted by molar-refractivity contribution is 0.454. The van der Waals surface area contributed by atoms with Gasteiger partial charge in [0.2, 0.25) is 0 Å². The third-order valence-electron chi connectivity index (χ3n) is 1.54. The van der Waals surface area contributed by atoms with E-state index in [9.17, 15) is 0 Å². The summed E-state index contributed by atoms with van der Waals surface area (Å²) in [6.07, 6.45) is 4.50. The second-order valence-electron chi connectivity index (χ2n) is 2.47. The van der Waals surface area contributed by atoms with E-state index in [1.165, 1.54) is 0 Å². The summed E-state index contributed by atoms with van der Waals surface area (Å²) in [6, 6.07) is 0. The lowest BCUT2D eigenvalue weighted by Crippen LogP contribution is -2.00. The largest absolute Gasteiger partial charge is 0.446 e. The average molecular weight is 154 g/mol. The van der Waals surface area contributed by atoms with Crippen molar-refractivity contribution in [3.8, 4) is 0 Å². The Morgan fingerprint density at radius 1 is 1.64 bits per heavy atom. The van der Waals surface area contributed by atoms with Crippen LogP contribution in [0.4, 0.5) is 0 Å². The zero-order valence-electron chi connectivity index (χ0n) is 6.84. The number of rotatable bonds is 4. The van der Waals surface area contributed by atoms with Crippen LogP contribution >= 0.6 is 0 Å². The molecule has 0 bridgehead atoms. The predicted octanol–water partition coefficient (Wildman–Crippen LogP) is 1.13. The van der Waals surface area contributed by atoms with Crippen molar-refractivity contribution in [1.82, 2.24) is 4.98 Å². The highest BCUT2D eigenvalue weighted by atomic mass is 16.4. The normalized spacial score (nSPS) is 10.4. The maximum absolute atomic E-state index is 5.37. The molecule has 0 unspecified atom stereocenters. The quantitative estimate of drug-likeness (QED) is 0.707. The van der Waals surface area contributed by atoms with Crippen molar-refractivity contribution in [2.24, 2.45) is 5.73 Å². The van der Waals surface area contributed by atoms with Crippen LogP contribution in [-0.2, 0) is 12.8 Å². The SMILES string of the molecule is CCc1cnc(CCCN)o1. The van der Waals surface area contributed by atoms with E-state index in [1.54, 1.807) is 6.20 Å². The number of nitrogens with two attached hydrogens (primary N) is 1. The first-order chi connectivity index (χ1) is 5.36. The van der Waals surface area contributed by atoms with E-state index in [0.717, 1.165) is 30.9 Å². The number of hydrogen-bond acceptors (Lipinski definition) is 3. The number of nitrogens with zero attached hydrogens (tertiary/aromatic N) is 1. The summed E-state index contributed by atoms with van der Waals surface area (Å²) in [5.41, 5.74) is 5.35. The Morgan fingerprint density at radius 3 is 3.00 bits per heavy atom. The molecule has 0 aromatic carbocycles. The Morgan fingerprint density at radius 2 is 2.45 bits per heavy atom. The van der Waals surface area contributed by atoms with Crippen molar-refractivity contribution < 1.29 is 4.42 Å². The molecular weight excluding hydrogens is 140 g/mol. The number of aryl methyl sites for hydroxylation is 2. The van der Waals surface area contributed by atoms with Gasteiger partial charge in [-0.1, -0.05) is 6.92 Å². The van der Waals surface area contributed by atoms with Gasteiger partial charge in [-0.15, -0.1) is 0 Å². The van der Waals surface area contributed by atoms with Crippen LogP contribution in [0.2, 0.25) is 0 Å². The van der Waals surface area contributed by atoms with Crippen LogP contribution in [-0.4, -0.2) is 11.5 Å². The van der Waals surface area contributed by atoms with Gasteiger partial charge in [0.05, 0.1) is 6.20 Å². The molecule has 1 rings (SSSR count). The van der Waals surface area contributed by atoms with E-state index in [4.69, 9.17) is 10.2 Å². The van der Waals surface area contributed by atoms with Crippen molar-refractivity contribution in [1.29, 1.82) is 0 Å². The van der Waals surface area contributed by atoms with E-state index >= 15 is 0 Å². The van der Waals surface area contributed by atoms with Crippen LogP contribution in [0, 0.1) is 0 Å². The van der Waals surface area contributed by atoms with Gasteiger partial charge in [0, 0.05) is 12.8 Å². The Labute approximate surface area is 66.6 Å². The molecule has 0 fully saturated rings. The molecule has 62 valence electrons. The highest BCUT2D eigenvalue weighted by Crippen LogP contribution is 2.05. The standard InChI is InChI=1S/C8H14N2O/c1-2-7-6-10-8(11-7)4-3-5-9/h6H,2-5,9H2,1H3. The molecule has 3 heteroatoms. The minimum Gasteiger partial charge on any atom is -0.446 e. The summed E-state index contributed by atoms with van der Waals surface area (Å²) in [6.45, 7) is 2.75. The lowest BCUT2D eigenvalue weighted by Gasteiger charge is -1.90. The molecule has 0 saturated heterocycles. The molecule has 0 aliphatic carbocycles. The molecule has 0 radical (unpaired) electrons. The Bertz CT molecular complexity index is 208. The van der Waals surface area contributed by atoms with Crippen molar-refractivity contribution in [3.05, 3.63) is 17.8 Å². The summed E-state index contributed by atoms with van der Waals surface area (Å²) in [7, 11) is 0. The van der Waals surface area contributed by atoms with Crippen molar-refractivity contribution in [2.75, 3.05) is 6.54 Å². The maximum Gasteiger partial charge on any atom is 0.194 e. The van der Waals surface area contributed by atoms with Gasteiger partial charge in [0.25, 0.3) is 0 Å². The average Bonchev–Trinajstić information content (AvgIpc) is 2.48. The molecule has 0 aliphatic heterocycles. The molecule has 0 aliphatic rings. The van der Waals surface area contributed by atoms with Gasteiger partial charge in [0.15, 0.2) is 5.89 Å². The molecule has 3 nitrogen and oxygen atoms in total. The molecule has 1 aromatic rings. The zero-order valence-corrected chi connectivity index (χ0v) is 6.84. The fourth-order valence-electron chi connectivity index (χ4n) is 0.880. The molecule has 1 aromatic heterocycles. The van der Waals surface area contributed by atoms with Crippen LogP contribution in [0.25, 0.3) is 0 Å². The summed E-state index contributed by atoms with van der Waals surface area (Å²) in [5, 5.41) is 0. The van der Waals surface area contributed by atoms with Crippen LogP contribution in [0.15, 0.2) is 10.6 Å². The summed E-state index contributed by atoms with van der Waals surface area (Å²) < 4.78 is 5.37. The van der Waals surface area contributed by atoms with Crippen LogP contribution < -0.4 is 5.73 Å². The molecule has 11 heavy (non-hydrogen) atoms. The number of hydrogen-bond donors (Lipinski definition) is 1. The van der Waals surface area contributed by atoms with Gasteiger partial charge in [-0.3, -0.25) is 0 Å². The fraction of sp³-hybridized carbons (Fsp3) is 0.625. The van der Waals surface area contributed by atoms with Gasteiger partial charge >= 0.3 is 0 Å². The second-order valence-corrected chi connectivity index (χ2v) is 2.47. The lowest BCUT2D eigenvalue weighted by atomic mass is 10.3. The Kier molecular flexibility index (Phi) is 3.11.